The van der Waals surface area contributed by atoms with Crippen molar-refractivity contribution in [3.05, 3.63) is 0 Å². The van der Waals surface area contributed by atoms with Crippen molar-refractivity contribution in [3.8, 4) is 0 Å². The van der Waals surface area contributed by atoms with Crippen LogP contribution in [0.15, 0.2) is 0 Å². The molecular formula is C29H58Na2O6S2. The maximum absolute atomic E-state index is 10.5. The molecular weight excluding hydrogens is 554 g/mol. The summed E-state index contributed by atoms with van der Waals surface area (Å²) < 4.78 is 63.1. The van der Waals surface area contributed by atoms with Gasteiger partial charge in [0.15, 0.2) is 0 Å². The Hall–Kier alpha value is 1.82. The zero-order valence-electron chi connectivity index (χ0n) is 25.8. The topological polar surface area (TPSA) is 114 Å². The molecule has 0 heterocycles. The maximum atomic E-state index is 10.5. The van der Waals surface area contributed by atoms with Crippen LogP contribution in [0.5, 0.6) is 0 Å². The summed E-state index contributed by atoms with van der Waals surface area (Å²) in [7, 11) is -8.04. The minimum atomic E-state index is -4.02. The monoisotopic (exact) mass is 612 g/mol. The smallest absolute Gasteiger partial charge is 0.748 e. The van der Waals surface area contributed by atoms with E-state index in [2.05, 4.69) is 0 Å². The van der Waals surface area contributed by atoms with Crippen LogP contribution in [-0.4, -0.2) is 37.4 Å². The second-order valence-electron chi connectivity index (χ2n) is 11.1. The Morgan fingerprint density at radius 2 is 0.359 bits per heavy atom. The molecule has 0 atom stereocenters. The van der Waals surface area contributed by atoms with E-state index in [0.717, 1.165) is 38.5 Å². The quantitative estimate of drug-likeness (QED) is 0.0700. The molecule has 0 rings (SSSR count). The summed E-state index contributed by atoms with van der Waals surface area (Å²) >= 11 is 0. The Balaban J connectivity index is -0.00000648. The van der Waals surface area contributed by atoms with Crippen molar-refractivity contribution in [3.63, 3.8) is 0 Å². The Bertz CT molecular complexity index is 630. The van der Waals surface area contributed by atoms with E-state index in [1.54, 1.807) is 0 Å². The Morgan fingerprint density at radius 3 is 0.462 bits per heavy atom. The average Bonchev–Trinajstić information content (AvgIpc) is 2.81. The fraction of sp³-hybridized carbons (Fsp3) is 1.00. The van der Waals surface area contributed by atoms with Crippen LogP contribution in [-0.2, 0) is 20.2 Å². The van der Waals surface area contributed by atoms with Crippen molar-refractivity contribution in [1.82, 2.24) is 0 Å². The maximum Gasteiger partial charge on any atom is 1.00 e. The van der Waals surface area contributed by atoms with Crippen LogP contribution in [0.3, 0.4) is 0 Å². The van der Waals surface area contributed by atoms with Crippen molar-refractivity contribution in [1.29, 1.82) is 0 Å². The van der Waals surface area contributed by atoms with Gasteiger partial charge >= 0.3 is 59.1 Å². The van der Waals surface area contributed by atoms with Gasteiger partial charge < -0.3 is 9.11 Å². The van der Waals surface area contributed by atoms with E-state index in [9.17, 15) is 25.9 Å². The normalized spacial score (nSPS) is 11.7. The molecule has 0 radical (unpaired) electrons. The number of unbranched alkanes of at least 4 members (excludes halogenated alkanes) is 26. The summed E-state index contributed by atoms with van der Waals surface area (Å²) in [4.78, 5) is 0. The molecule has 0 saturated heterocycles. The first-order chi connectivity index (χ1) is 17.7. The molecule has 10 heteroatoms. The molecule has 0 aliphatic heterocycles. The summed E-state index contributed by atoms with van der Waals surface area (Å²) in [5, 5.41) is 0. The largest absolute Gasteiger partial charge is 1.00 e. The van der Waals surface area contributed by atoms with Crippen LogP contribution < -0.4 is 59.1 Å². The number of rotatable bonds is 30. The van der Waals surface area contributed by atoms with Gasteiger partial charge in [0.25, 0.3) is 0 Å². The van der Waals surface area contributed by atoms with E-state index < -0.39 is 20.2 Å². The van der Waals surface area contributed by atoms with Crippen LogP contribution in [0, 0.1) is 0 Å². The van der Waals surface area contributed by atoms with Crippen molar-refractivity contribution < 1.29 is 85.1 Å². The first kappa shape index (κ1) is 45.3. The van der Waals surface area contributed by atoms with Crippen LogP contribution in [0.1, 0.15) is 173 Å². The Labute approximate surface area is 287 Å². The van der Waals surface area contributed by atoms with Crippen molar-refractivity contribution in [2.75, 3.05) is 11.5 Å². The summed E-state index contributed by atoms with van der Waals surface area (Å²) in [6.45, 7) is 0. The average molecular weight is 613 g/mol. The molecule has 0 aliphatic rings. The second kappa shape index (κ2) is 32.7. The van der Waals surface area contributed by atoms with Gasteiger partial charge in [-0.15, -0.1) is 0 Å². The zero-order chi connectivity index (χ0) is 27.5. The van der Waals surface area contributed by atoms with E-state index >= 15 is 0 Å². The Kier molecular flexibility index (Phi) is 38.0. The van der Waals surface area contributed by atoms with Crippen LogP contribution in [0.25, 0.3) is 0 Å². The molecule has 0 amide bonds. The molecule has 39 heavy (non-hydrogen) atoms. The van der Waals surface area contributed by atoms with Gasteiger partial charge in [-0.2, -0.15) is 0 Å². The van der Waals surface area contributed by atoms with Crippen LogP contribution in [0.4, 0.5) is 0 Å². The predicted octanol–water partition coefficient (Wildman–Crippen LogP) is 2.62. The van der Waals surface area contributed by atoms with Gasteiger partial charge in [-0.05, 0) is 12.8 Å². The van der Waals surface area contributed by atoms with E-state index in [-0.39, 0.29) is 70.6 Å². The first-order valence-electron chi connectivity index (χ1n) is 15.6. The van der Waals surface area contributed by atoms with Crippen LogP contribution >= 0.6 is 0 Å². The third kappa shape index (κ3) is 44.4. The molecule has 0 aromatic carbocycles. The number of hydrogen-bond acceptors (Lipinski definition) is 6. The van der Waals surface area contributed by atoms with E-state index in [4.69, 9.17) is 0 Å². The van der Waals surface area contributed by atoms with Gasteiger partial charge in [0.05, 0.1) is 20.2 Å². The molecule has 224 valence electrons. The van der Waals surface area contributed by atoms with Gasteiger partial charge in [-0.3, -0.25) is 0 Å². The predicted molar refractivity (Wildman–Crippen MR) is 154 cm³/mol. The molecule has 0 spiro atoms. The van der Waals surface area contributed by atoms with Gasteiger partial charge in [0.1, 0.15) is 0 Å². The van der Waals surface area contributed by atoms with Crippen molar-refractivity contribution in [2.24, 2.45) is 0 Å². The van der Waals surface area contributed by atoms with Crippen LogP contribution in [0.2, 0.25) is 0 Å². The van der Waals surface area contributed by atoms with E-state index in [1.165, 1.54) is 122 Å². The summed E-state index contributed by atoms with van der Waals surface area (Å²) in [6, 6.07) is 0. The standard InChI is InChI=1S/C29H60O6S2.2Na/c30-36(31,32)28-26-24-22-20-18-16-14-12-10-8-6-4-2-1-3-5-7-9-11-13-15-17-19-21-23-25-27-29-37(33,34)35;;/h1-29H2,(H,30,31,32)(H,33,34,35);;/q;2*+1/p-2. The molecule has 0 N–H and O–H groups in total. The minimum absolute atomic E-state index is 0. The molecule has 0 unspecified atom stereocenters. The Morgan fingerprint density at radius 1 is 0.256 bits per heavy atom. The summed E-state index contributed by atoms with van der Waals surface area (Å²) in [5.74, 6) is -0.408. The number of hydrogen-bond donors (Lipinski definition) is 0. The van der Waals surface area contributed by atoms with E-state index in [0.29, 0.717) is 12.8 Å². The molecule has 0 aromatic rings. The minimum Gasteiger partial charge on any atom is -0.748 e. The molecule has 0 fully saturated rings. The SMILES string of the molecule is O=S(=O)([O-])CCCCCCCCCCCCCCCCCCCCCCCCCCCCCS(=O)(=O)[O-].[Na+].[Na+]. The third-order valence-electron chi connectivity index (χ3n) is 7.29. The van der Waals surface area contributed by atoms with Gasteiger partial charge in [0.2, 0.25) is 0 Å². The molecule has 0 aromatic heterocycles. The summed E-state index contributed by atoms with van der Waals surface area (Å²) in [5.41, 5.74) is 0. The van der Waals surface area contributed by atoms with Gasteiger partial charge in [0, 0.05) is 11.5 Å². The zero-order valence-corrected chi connectivity index (χ0v) is 31.4. The molecule has 0 bridgehead atoms. The van der Waals surface area contributed by atoms with Crippen molar-refractivity contribution in [2.45, 2.75) is 173 Å². The fourth-order valence-corrected chi connectivity index (χ4v) is 6.09. The van der Waals surface area contributed by atoms with Gasteiger partial charge in [-0.25, -0.2) is 16.8 Å². The van der Waals surface area contributed by atoms with Gasteiger partial charge in [-0.1, -0.05) is 161 Å². The van der Waals surface area contributed by atoms with E-state index in [1.807, 2.05) is 0 Å². The summed E-state index contributed by atoms with van der Waals surface area (Å²) in [6.07, 6.45) is 32.6. The molecule has 6 nitrogen and oxygen atoms in total. The molecule has 0 aliphatic carbocycles. The second-order valence-corrected chi connectivity index (χ2v) is 14.1. The third-order valence-corrected chi connectivity index (χ3v) is 8.87. The fourth-order valence-electron chi connectivity index (χ4n) is 4.98. The van der Waals surface area contributed by atoms with Crippen molar-refractivity contribution >= 4 is 20.2 Å². The molecule has 0 saturated carbocycles. The first-order valence-corrected chi connectivity index (χ1v) is 18.7.